The molecule has 2 rings (SSSR count). The van der Waals surface area contributed by atoms with Crippen LogP contribution in [-0.4, -0.2) is 56.1 Å². The lowest BCUT2D eigenvalue weighted by Gasteiger charge is -2.11. The van der Waals surface area contributed by atoms with Crippen molar-refractivity contribution in [2.24, 2.45) is 0 Å². The molecule has 0 bridgehead atoms. The Morgan fingerprint density at radius 2 is 1.34 bits per heavy atom. The highest BCUT2D eigenvalue weighted by molar-refractivity contribution is 6.08. The lowest BCUT2D eigenvalue weighted by Crippen LogP contribution is -2.10. The fourth-order valence-corrected chi connectivity index (χ4v) is 3.14. The Labute approximate surface area is 185 Å². The number of hydrogen-bond acceptors (Lipinski definition) is 5. The third kappa shape index (κ3) is 11.9. The van der Waals surface area contributed by atoms with E-state index in [9.17, 15) is 0 Å². The number of fused-ring (bicyclic) bond motifs is 1. The largest absolute Gasteiger partial charge is 0.454 e. The highest BCUT2D eigenvalue weighted by Gasteiger charge is 2.16. The summed E-state index contributed by atoms with van der Waals surface area (Å²) in [6, 6.07) is 4.12. The Morgan fingerprint density at radius 3 is 1.90 bits per heavy atom. The van der Waals surface area contributed by atoms with Gasteiger partial charge in [-0.1, -0.05) is 46.5 Å². The van der Waals surface area contributed by atoms with Crippen LogP contribution in [0.15, 0.2) is 12.1 Å². The third-order valence-electron chi connectivity index (χ3n) is 4.42. The van der Waals surface area contributed by atoms with Crippen molar-refractivity contribution in [3.63, 3.8) is 0 Å². The smallest absolute Gasteiger partial charge is 0.231 e. The van der Waals surface area contributed by atoms with E-state index < -0.39 is 0 Å². The van der Waals surface area contributed by atoms with Crippen molar-refractivity contribution < 1.29 is 23.7 Å². The van der Waals surface area contributed by atoms with E-state index in [2.05, 4.69) is 43.1 Å². The summed E-state index contributed by atoms with van der Waals surface area (Å²) in [6.45, 7) is 10.7. The number of hydrogen-bond donors (Lipinski definition) is 0. The van der Waals surface area contributed by atoms with Gasteiger partial charge in [0.1, 0.15) is 16.3 Å². The van der Waals surface area contributed by atoms with Crippen LogP contribution in [0.4, 0.5) is 0 Å². The summed E-state index contributed by atoms with van der Waals surface area (Å²) in [6.07, 6.45) is 7.05. The monoisotopic (exact) mass is 422 g/mol. The van der Waals surface area contributed by atoms with Crippen LogP contribution in [0.5, 0.6) is 11.5 Å². The second kappa shape index (κ2) is 18.0. The van der Waals surface area contributed by atoms with E-state index in [4.69, 9.17) is 23.7 Å². The number of ether oxygens (including phenoxy) is 5. The maximum absolute atomic E-state index is 5.75. The summed E-state index contributed by atoms with van der Waals surface area (Å²) in [5.74, 6) is 1.66. The molecule has 0 spiro atoms. The first kappa shape index (κ1) is 26.3. The zero-order valence-corrected chi connectivity index (χ0v) is 19.8. The molecule has 0 atom stereocenters. The molecule has 1 aliphatic heterocycles. The normalized spacial score (nSPS) is 12.0. The first-order chi connectivity index (χ1) is 14.3. The van der Waals surface area contributed by atoms with E-state index in [1.54, 1.807) is 0 Å². The third-order valence-corrected chi connectivity index (χ3v) is 4.82. The van der Waals surface area contributed by atoms with Crippen LogP contribution in [0, 0.1) is 0 Å². The van der Waals surface area contributed by atoms with Crippen molar-refractivity contribution >= 4 is 16.3 Å². The van der Waals surface area contributed by atoms with Gasteiger partial charge in [0.25, 0.3) is 0 Å². The molecule has 0 saturated carbocycles. The maximum Gasteiger partial charge on any atom is 0.231 e. The molecule has 5 nitrogen and oxygen atoms in total. The molecule has 0 unspecified atom stereocenters. The standard InChI is InChI=1S/C19H30O5.C4H9.Al/c1-3-5-7-20-8-9-21-10-11-22-14-17-13-19-18(23-15-24-19)12-16(17)6-4-2;1-3-4-2;/h12-13H,3-11,14-15H2,1-2H3;1,3-4H2,2H3;. The lowest BCUT2D eigenvalue weighted by molar-refractivity contribution is 0.0101. The molecule has 164 valence electrons. The summed E-state index contributed by atoms with van der Waals surface area (Å²) in [4.78, 5) is 0. The molecule has 0 aliphatic carbocycles. The first-order valence-electron chi connectivity index (χ1n) is 11.1. The van der Waals surface area contributed by atoms with Crippen LogP contribution in [0.2, 0.25) is 5.28 Å². The molecular formula is C23H39AlO5. The van der Waals surface area contributed by atoms with Crippen molar-refractivity contribution in [1.29, 1.82) is 0 Å². The Morgan fingerprint density at radius 1 is 0.759 bits per heavy atom. The molecule has 0 aromatic heterocycles. The average Bonchev–Trinajstić information content (AvgIpc) is 3.18. The number of rotatable bonds is 15. The number of unbranched alkanes of at least 4 members (excludes halogenated alkanes) is 2. The van der Waals surface area contributed by atoms with Crippen LogP contribution < -0.4 is 9.47 Å². The van der Waals surface area contributed by atoms with Gasteiger partial charge in [-0.2, -0.15) is 0 Å². The Balaban J connectivity index is 0.000000749. The van der Waals surface area contributed by atoms with Crippen molar-refractivity contribution in [3.8, 4) is 11.5 Å². The Hall–Kier alpha value is -0.768. The minimum atomic E-state index is 0.305. The van der Waals surface area contributed by atoms with E-state index in [1.165, 1.54) is 29.3 Å². The number of aryl methyl sites for hydroxylation is 1. The van der Waals surface area contributed by atoms with Crippen LogP contribution in [0.1, 0.15) is 64.0 Å². The first-order valence-corrected chi connectivity index (χ1v) is 11.9. The molecule has 29 heavy (non-hydrogen) atoms. The van der Waals surface area contributed by atoms with Crippen LogP contribution in [-0.2, 0) is 27.2 Å². The summed E-state index contributed by atoms with van der Waals surface area (Å²) in [5, 5.41) is 1.26. The van der Waals surface area contributed by atoms with Crippen molar-refractivity contribution in [1.82, 2.24) is 0 Å². The molecule has 1 heterocycles. The summed E-state index contributed by atoms with van der Waals surface area (Å²) >= 11 is 2.70. The summed E-state index contributed by atoms with van der Waals surface area (Å²) in [5.41, 5.74) is 2.44. The van der Waals surface area contributed by atoms with E-state index in [0.29, 0.717) is 39.8 Å². The SMILES string of the molecule is CCCCOCCOCCOCc1cc2c(cc1CCC)OCO2.CCC[CH2][Al]. The van der Waals surface area contributed by atoms with Gasteiger partial charge in [0.15, 0.2) is 11.5 Å². The highest BCUT2D eigenvalue weighted by atomic mass is 27.0. The van der Waals surface area contributed by atoms with Gasteiger partial charge in [0.2, 0.25) is 6.79 Å². The Bertz CT molecular complexity index is 522. The molecule has 1 aromatic carbocycles. The van der Waals surface area contributed by atoms with Crippen LogP contribution >= 0.6 is 0 Å². The zero-order valence-electron chi connectivity index (χ0n) is 18.7. The lowest BCUT2D eigenvalue weighted by atomic mass is 10.0. The van der Waals surface area contributed by atoms with Crippen LogP contribution in [0.3, 0.4) is 0 Å². The van der Waals surface area contributed by atoms with Gasteiger partial charge in [-0.3, -0.25) is 0 Å². The van der Waals surface area contributed by atoms with Gasteiger partial charge in [-0.15, -0.1) is 5.28 Å². The molecule has 0 fully saturated rings. The molecule has 0 N–H and O–H groups in total. The van der Waals surface area contributed by atoms with Gasteiger partial charge in [-0.05, 0) is 36.1 Å². The topological polar surface area (TPSA) is 46.2 Å². The van der Waals surface area contributed by atoms with Gasteiger partial charge in [0, 0.05) is 6.61 Å². The zero-order chi connectivity index (χ0) is 21.2. The second-order valence-corrected chi connectivity index (χ2v) is 7.57. The molecular weight excluding hydrogens is 383 g/mol. The van der Waals surface area contributed by atoms with Crippen LogP contribution in [0.25, 0.3) is 0 Å². The van der Waals surface area contributed by atoms with E-state index in [1.807, 2.05) is 6.07 Å². The molecule has 6 heteroatoms. The molecule has 1 aromatic rings. The molecule has 2 radical (unpaired) electrons. The van der Waals surface area contributed by atoms with Gasteiger partial charge in [0.05, 0.1) is 33.0 Å². The highest BCUT2D eigenvalue weighted by Crippen LogP contribution is 2.35. The minimum absolute atomic E-state index is 0.305. The average molecular weight is 423 g/mol. The molecule has 1 aliphatic rings. The van der Waals surface area contributed by atoms with Crippen molar-refractivity contribution in [2.75, 3.05) is 39.8 Å². The fourth-order valence-electron chi connectivity index (χ4n) is 2.74. The van der Waals surface area contributed by atoms with Gasteiger partial charge >= 0.3 is 0 Å². The predicted octanol–water partition coefficient (Wildman–Crippen LogP) is 5.09. The molecule has 0 saturated heterocycles. The van der Waals surface area contributed by atoms with Gasteiger partial charge in [-0.25, -0.2) is 0 Å². The van der Waals surface area contributed by atoms with Crippen molar-refractivity contribution in [3.05, 3.63) is 23.3 Å². The predicted molar refractivity (Wildman–Crippen MR) is 118 cm³/mol. The van der Waals surface area contributed by atoms with E-state index in [0.717, 1.165) is 43.8 Å². The minimum Gasteiger partial charge on any atom is -0.454 e. The second-order valence-electron chi connectivity index (χ2n) is 7.00. The maximum atomic E-state index is 5.75. The van der Waals surface area contributed by atoms with E-state index >= 15 is 0 Å². The summed E-state index contributed by atoms with van der Waals surface area (Å²) < 4.78 is 27.6. The summed E-state index contributed by atoms with van der Waals surface area (Å²) in [7, 11) is 0. The van der Waals surface area contributed by atoms with Crippen molar-refractivity contribution in [2.45, 2.75) is 71.2 Å². The van der Waals surface area contributed by atoms with E-state index in [-0.39, 0.29) is 0 Å². The Kier molecular flexibility index (Phi) is 16.3. The quantitative estimate of drug-likeness (QED) is 0.291. The van der Waals surface area contributed by atoms with Gasteiger partial charge < -0.3 is 23.7 Å². The molecule has 0 amide bonds. The number of benzene rings is 1. The fraction of sp³-hybridized carbons (Fsp3) is 0.739.